The van der Waals surface area contributed by atoms with Crippen molar-refractivity contribution in [3.8, 4) is 0 Å². The van der Waals surface area contributed by atoms with Crippen molar-refractivity contribution in [3.05, 3.63) is 70.7 Å². The molecule has 4 rings (SSSR count). The highest BCUT2D eigenvalue weighted by molar-refractivity contribution is 5.90. The highest BCUT2D eigenvalue weighted by Gasteiger charge is 2.15. The molecule has 1 fully saturated rings. The molecule has 3 aromatic rings. The molecule has 1 aliphatic heterocycles. The van der Waals surface area contributed by atoms with Crippen LogP contribution < -0.4 is 5.32 Å². The van der Waals surface area contributed by atoms with Gasteiger partial charge in [-0.3, -0.25) is 9.69 Å². The number of fused-ring (bicyclic) bond motifs is 1. The number of H-pyrrole nitrogens is 1. The topological polar surface area (TPSA) is 48.1 Å². The van der Waals surface area contributed by atoms with Crippen molar-refractivity contribution < 1.29 is 9.18 Å². The Kier molecular flexibility index (Phi) is 5.44. The molecular formula is C23H26FN3O. The molecule has 0 spiro atoms. The van der Waals surface area contributed by atoms with Crippen molar-refractivity contribution in [3.63, 3.8) is 0 Å². The van der Waals surface area contributed by atoms with Crippen LogP contribution >= 0.6 is 0 Å². The maximum atomic E-state index is 13.6. The number of nitrogens with zero attached hydrogens (tertiary/aromatic N) is 1. The molecule has 0 radical (unpaired) electrons. The summed E-state index contributed by atoms with van der Waals surface area (Å²) < 4.78 is 13.6. The van der Waals surface area contributed by atoms with Gasteiger partial charge in [-0.25, -0.2) is 4.39 Å². The summed E-state index contributed by atoms with van der Waals surface area (Å²) >= 11 is 0. The van der Waals surface area contributed by atoms with Crippen molar-refractivity contribution >= 4 is 16.8 Å². The molecule has 0 unspecified atom stereocenters. The second-order valence-corrected chi connectivity index (χ2v) is 7.62. The quantitative estimate of drug-likeness (QED) is 0.678. The van der Waals surface area contributed by atoms with Crippen molar-refractivity contribution in [2.24, 2.45) is 0 Å². The zero-order chi connectivity index (χ0) is 19.5. The molecule has 2 heterocycles. The highest BCUT2D eigenvalue weighted by atomic mass is 19.1. The van der Waals surface area contributed by atoms with Crippen LogP contribution in [-0.2, 0) is 24.3 Å². The number of hydrogen-bond acceptors (Lipinski definition) is 2. The number of aromatic amines is 1. The van der Waals surface area contributed by atoms with E-state index in [-0.39, 0.29) is 18.1 Å². The standard InChI is InChI=1S/C23H26FN3O/c1-16-20(21-12-19(24)8-9-22(21)26-16)13-23(28)25-14-17-6-2-3-7-18(17)15-27-10-4-5-11-27/h2-3,6-9,12,26H,4-5,10-11,13-15H2,1H3,(H,25,28). The summed E-state index contributed by atoms with van der Waals surface area (Å²) in [4.78, 5) is 18.3. The van der Waals surface area contributed by atoms with Crippen LogP contribution in [0.5, 0.6) is 0 Å². The summed E-state index contributed by atoms with van der Waals surface area (Å²) in [5.74, 6) is -0.340. The molecule has 0 saturated carbocycles. The SMILES string of the molecule is Cc1[nH]c2ccc(F)cc2c1CC(=O)NCc1ccccc1CN1CCCC1. The first-order valence-electron chi connectivity index (χ1n) is 9.92. The number of carbonyl (C=O) groups is 1. The van der Waals surface area contributed by atoms with Crippen LogP contribution in [-0.4, -0.2) is 28.9 Å². The summed E-state index contributed by atoms with van der Waals surface area (Å²) in [6.45, 7) is 5.67. The monoisotopic (exact) mass is 379 g/mol. The number of aryl methyl sites for hydroxylation is 1. The Morgan fingerprint density at radius 2 is 1.89 bits per heavy atom. The van der Waals surface area contributed by atoms with Crippen molar-refractivity contribution in [2.45, 2.75) is 39.3 Å². The van der Waals surface area contributed by atoms with E-state index in [2.05, 4.69) is 33.4 Å². The lowest BCUT2D eigenvalue weighted by molar-refractivity contribution is -0.120. The van der Waals surface area contributed by atoms with Crippen LogP contribution in [0, 0.1) is 12.7 Å². The average Bonchev–Trinajstić information content (AvgIpc) is 3.29. The van der Waals surface area contributed by atoms with Gasteiger partial charge in [0.05, 0.1) is 6.42 Å². The molecule has 2 N–H and O–H groups in total. The first kappa shape index (κ1) is 18.7. The molecule has 0 atom stereocenters. The second-order valence-electron chi connectivity index (χ2n) is 7.62. The first-order valence-corrected chi connectivity index (χ1v) is 9.92. The van der Waals surface area contributed by atoms with E-state index < -0.39 is 0 Å². The molecule has 1 aromatic heterocycles. The summed E-state index contributed by atoms with van der Waals surface area (Å²) in [7, 11) is 0. The van der Waals surface area contributed by atoms with Crippen molar-refractivity contribution in [2.75, 3.05) is 13.1 Å². The number of halogens is 1. The fraction of sp³-hybridized carbons (Fsp3) is 0.348. The van der Waals surface area contributed by atoms with E-state index in [0.29, 0.717) is 6.54 Å². The number of carbonyl (C=O) groups excluding carboxylic acids is 1. The number of amides is 1. The van der Waals surface area contributed by atoms with E-state index in [0.717, 1.165) is 47.4 Å². The third kappa shape index (κ3) is 4.09. The molecule has 5 heteroatoms. The van der Waals surface area contributed by atoms with Crippen LogP contribution in [0.15, 0.2) is 42.5 Å². The lowest BCUT2D eigenvalue weighted by Crippen LogP contribution is -2.26. The summed E-state index contributed by atoms with van der Waals surface area (Å²) in [5.41, 5.74) is 5.06. The normalized spacial score (nSPS) is 14.6. The Morgan fingerprint density at radius 3 is 2.68 bits per heavy atom. The number of likely N-dealkylation sites (tertiary alicyclic amines) is 1. The van der Waals surface area contributed by atoms with E-state index in [1.807, 2.05) is 13.0 Å². The van der Waals surface area contributed by atoms with Crippen molar-refractivity contribution in [1.82, 2.24) is 15.2 Å². The molecule has 4 nitrogen and oxygen atoms in total. The minimum atomic E-state index is -0.288. The molecule has 28 heavy (non-hydrogen) atoms. The molecule has 0 aliphatic carbocycles. The number of rotatable bonds is 6. The Bertz CT molecular complexity index is 989. The molecule has 0 bridgehead atoms. The molecular weight excluding hydrogens is 353 g/mol. The minimum absolute atomic E-state index is 0.0516. The zero-order valence-electron chi connectivity index (χ0n) is 16.2. The fourth-order valence-corrected chi connectivity index (χ4v) is 4.07. The van der Waals surface area contributed by atoms with E-state index in [9.17, 15) is 9.18 Å². The van der Waals surface area contributed by atoms with Gasteiger partial charge < -0.3 is 10.3 Å². The van der Waals surface area contributed by atoms with Gasteiger partial charge in [0.15, 0.2) is 0 Å². The predicted molar refractivity (Wildman–Crippen MR) is 109 cm³/mol. The Morgan fingerprint density at radius 1 is 1.14 bits per heavy atom. The summed E-state index contributed by atoms with van der Waals surface area (Å²) in [5, 5.41) is 3.82. The van der Waals surface area contributed by atoms with Crippen LogP contribution in [0.1, 0.15) is 35.2 Å². The van der Waals surface area contributed by atoms with Gasteiger partial charge in [0.25, 0.3) is 0 Å². The number of aromatic nitrogens is 1. The molecule has 146 valence electrons. The van der Waals surface area contributed by atoms with Gasteiger partial charge in [-0.15, -0.1) is 0 Å². The lowest BCUT2D eigenvalue weighted by Gasteiger charge is -2.17. The molecule has 1 aliphatic rings. The van der Waals surface area contributed by atoms with Gasteiger partial charge >= 0.3 is 0 Å². The van der Waals surface area contributed by atoms with Gasteiger partial charge in [-0.1, -0.05) is 24.3 Å². The van der Waals surface area contributed by atoms with Crippen LogP contribution in [0.3, 0.4) is 0 Å². The van der Waals surface area contributed by atoms with Gasteiger partial charge in [0.2, 0.25) is 5.91 Å². The Hall–Kier alpha value is -2.66. The molecule has 1 amide bonds. The summed E-state index contributed by atoms with van der Waals surface area (Å²) in [6.07, 6.45) is 2.77. The Balaban J connectivity index is 1.43. The molecule has 1 saturated heterocycles. The predicted octanol–water partition coefficient (Wildman–Crippen LogP) is 4.07. The lowest BCUT2D eigenvalue weighted by atomic mass is 10.1. The summed E-state index contributed by atoms with van der Waals surface area (Å²) in [6, 6.07) is 12.9. The second kappa shape index (κ2) is 8.15. The highest BCUT2D eigenvalue weighted by Crippen LogP contribution is 2.23. The smallest absolute Gasteiger partial charge is 0.224 e. The number of nitrogens with one attached hydrogen (secondary N) is 2. The van der Waals surface area contributed by atoms with Crippen LogP contribution in [0.2, 0.25) is 0 Å². The maximum Gasteiger partial charge on any atom is 0.224 e. The maximum absolute atomic E-state index is 13.6. The van der Waals surface area contributed by atoms with Gasteiger partial charge in [0.1, 0.15) is 5.82 Å². The largest absolute Gasteiger partial charge is 0.358 e. The first-order chi connectivity index (χ1) is 13.6. The van der Waals surface area contributed by atoms with Gasteiger partial charge in [-0.2, -0.15) is 0 Å². The van der Waals surface area contributed by atoms with Gasteiger partial charge in [0, 0.05) is 29.7 Å². The number of benzene rings is 2. The molecule has 2 aromatic carbocycles. The zero-order valence-corrected chi connectivity index (χ0v) is 16.2. The van der Waals surface area contributed by atoms with Crippen LogP contribution in [0.25, 0.3) is 10.9 Å². The number of hydrogen-bond donors (Lipinski definition) is 2. The van der Waals surface area contributed by atoms with E-state index in [1.54, 1.807) is 6.07 Å². The van der Waals surface area contributed by atoms with Crippen LogP contribution in [0.4, 0.5) is 4.39 Å². The average molecular weight is 379 g/mol. The van der Waals surface area contributed by atoms with E-state index in [4.69, 9.17) is 0 Å². The van der Waals surface area contributed by atoms with Gasteiger partial charge in [-0.05, 0) is 67.7 Å². The van der Waals surface area contributed by atoms with Crippen molar-refractivity contribution in [1.29, 1.82) is 0 Å². The third-order valence-electron chi connectivity index (χ3n) is 5.61. The Labute approximate surface area is 164 Å². The fourth-order valence-electron chi connectivity index (χ4n) is 4.07. The van der Waals surface area contributed by atoms with E-state index in [1.165, 1.54) is 30.5 Å². The third-order valence-corrected chi connectivity index (χ3v) is 5.61. The van der Waals surface area contributed by atoms with E-state index >= 15 is 0 Å². The minimum Gasteiger partial charge on any atom is -0.358 e.